The van der Waals surface area contributed by atoms with Crippen LogP contribution in [0.2, 0.25) is 0 Å². The summed E-state index contributed by atoms with van der Waals surface area (Å²) in [5, 5.41) is 5.78. The zero-order valence-corrected chi connectivity index (χ0v) is 15.2. The Morgan fingerprint density at radius 3 is 2.46 bits per heavy atom. The molecular weight excluding hydrogens is 368 g/mol. The van der Waals surface area contributed by atoms with E-state index in [2.05, 4.69) is 26.6 Å². The highest BCUT2D eigenvalue weighted by atomic mass is 79.9. The lowest BCUT2D eigenvalue weighted by atomic mass is 9.95. The molecule has 2 N–H and O–H groups in total. The second-order valence-electron chi connectivity index (χ2n) is 6.26. The first-order chi connectivity index (χ1) is 11.4. The van der Waals surface area contributed by atoms with Crippen LogP contribution in [0, 0.1) is 6.92 Å². The summed E-state index contributed by atoms with van der Waals surface area (Å²) in [4.78, 5) is 24.1. The van der Waals surface area contributed by atoms with Gasteiger partial charge in [0.15, 0.2) is 0 Å². The van der Waals surface area contributed by atoms with Crippen LogP contribution in [0.3, 0.4) is 0 Å². The van der Waals surface area contributed by atoms with Gasteiger partial charge in [-0.2, -0.15) is 0 Å². The monoisotopic (exact) mass is 386 g/mol. The largest absolute Gasteiger partial charge is 0.326 e. The average Bonchev–Trinajstić information content (AvgIpc) is 3.32. The third kappa shape index (κ3) is 3.36. The first kappa shape index (κ1) is 16.7. The number of nitrogens with one attached hydrogen (secondary N) is 2. The summed E-state index contributed by atoms with van der Waals surface area (Å²) in [7, 11) is 0. The molecule has 2 aromatic rings. The minimum Gasteiger partial charge on any atom is -0.326 e. The van der Waals surface area contributed by atoms with E-state index in [0.717, 1.165) is 34.1 Å². The van der Waals surface area contributed by atoms with E-state index in [9.17, 15) is 9.59 Å². The summed E-state index contributed by atoms with van der Waals surface area (Å²) in [5.74, 6) is -0.132. The molecule has 1 aliphatic carbocycles. The second kappa shape index (κ2) is 6.40. The van der Waals surface area contributed by atoms with Gasteiger partial charge < -0.3 is 10.6 Å². The van der Waals surface area contributed by atoms with Crippen molar-refractivity contribution in [3.05, 3.63) is 58.1 Å². The molecule has 3 rings (SSSR count). The summed E-state index contributed by atoms with van der Waals surface area (Å²) in [6, 6.07) is 13.4. The topological polar surface area (TPSA) is 58.2 Å². The molecule has 0 heterocycles. The molecule has 1 aliphatic rings. The number of anilines is 2. The van der Waals surface area contributed by atoms with Crippen LogP contribution in [0.4, 0.5) is 11.4 Å². The highest BCUT2D eigenvalue weighted by Gasteiger charge is 2.51. The van der Waals surface area contributed by atoms with E-state index >= 15 is 0 Å². The lowest BCUT2D eigenvalue weighted by molar-refractivity contribution is -0.118. The van der Waals surface area contributed by atoms with Gasteiger partial charge in [-0.1, -0.05) is 34.1 Å². The van der Waals surface area contributed by atoms with E-state index < -0.39 is 5.41 Å². The molecule has 124 valence electrons. The zero-order chi connectivity index (χ0) is 17.3. The SMILES string of the molecule is CC(=O)Nc1ccc(C)c(NC(=O)C2(c3cccc(Br)c3)CC2)c1. The highest BCUT2D eigenvalue weighted by molar-refractivity contribution is 9.10. The highest BCUT2D eigenvalue weighted by Crippen LogP contribution is 2.49. The van der Waals surface area contributed by atoms with Crippen LogP contribution in [0.5, 0.6) is 0 Å². The maximum atomic E-state index is 12.9. The fourth-order valence-corrected chi connectivity index (χ4v) is 3.24. The molecule has 24 heavy (non-hydrogen) atoms. The molecule has 0 aliphatic heterocycles. The van der Waals surface area contributed by atoms with Crippen LogP contribution in [0.15, 0.2) is 46.9 Å². The Kier molecular flexibility index (Phi) is 4.45. The van der Waals surface area contributed by atoms with Gasteiger partial charge in [0.25, 0.3) is 0 Å². The predicted octanol–water partition coefficient (Wildman–Crippen LogP) is 4.39. The van der Waals surface area contributed by atoms with Gasteiger partial charge in [-0.05, 0) is 55.2 Å². The van der Waals surface area contributed by atoms with Gasteiger partial charge >= 0.3 is 0 Å². The predicted molar refractivity (Wildman–Crippen MR) is 99.2 cm³/mol. The maximum Gasteiger partial charge on any atom is 0.235 e. The number of rotatable bonds is 4. The summed E-state index contributed by atoms with van der Waals surface area (Å²) >= 11 is 3.47. The van der Waals surface area contributed by atoms with Gasteiger partial charge in [-0.15, -0.1) is 0 Å². The van der Waals surface area contributed by atoms with E-state index in [1.807, 2.05) is 43.3 Å². The number of carbonyl (C=O) groups is 2. The van der Waals surface area contributed by atoms with Crippen molar-refractivity contribution >= 4 is 39.1 Å². The van der Waals surface area contributed by atoms with Crippen molar-refractivity contribution in [3.8, 4) is 0 Å². The molecule has 5 heteroatoms. The maximum absolute atomic E-state index is 12.9. The Hall–Kier alpha value is -2.14. The fraction of sp³-hybridized carbons (Fsp3) is 0.263. The van der Waals surface area contributed by atoms with Gasteiger partial charge in [0, 0.05) is 22.8 Å². The van der Waals surface area contributed by atoms with Gasteiger partial charge in [0.05, 0.1) is 5.41 Å². The third-order valence-electron chi connectivity index (χ3n) is 4.37. The van der Waals surface area contributed by atoms with Crippen molar-refractivity contribution in [2.75, 3.05) is 10.6 Å². The van der Waals surface area contributed by atoms with Gasteiger partial charge in [-0.25, -0.2) is 0 Å². The number of hydrogen-bond donors (Lipinski definition) is 2. The fourth-order valence-electron chi connectivity index (χ4n) is 2.84. The first-order valence-corrected chi connectivity index (χ1v) is 8.66. The first-order valence-electron chi connectivity index (χ1n) is 7.86. The van der Waals surface area contributed by atoms with Crippen LogP contribution in [0.25, 0.3) is 0 Å². The second-order valence-corrected chi connectivity index (χ2v) is 7.17. The number of aryl methyl sites for hydroxylation is 1. The number of benzene rings is 2. The van der Waals surface area contributed by atoms with Crippen molar-refractivity contribution < 1.29 is 9.59 Å². The van der Waals surface area contributed by atoms with Crippen molar-refractivity contribution in [2.24, 2.45) is 0 Å². The molecule has 1 fully saturated rings. The van der Waals surface area contributed by atoms with Gasteiger partial charge in [-0.3, -0.25) is 9.59 Å². The molecule has 2 aromatic carbocycles. The molecule has 0 bridgehead atoms. The Bertz CT molecular complexity index is 813. The molecule has 1 saturated carbocycles. The Morgan fingerprint density at radius 2 is 1.83 bits per heavy atom. The quantitative estimate of drug-likeness (QED) is 0.818. The van der Waals surface area contributed by atoms with Crippen LogP contribution in [-0.2, 0) is 15.0 Å². The van der Waals surface area contributed by atoms with E-state index in [4.69, 9.17) is 0 Å². The molecule has 0 spiro atoms. The van der Waals surface area contributed by atoms with E-state index in [1.165, 1.54) is 6.92 Å². The standard InChI is InChI=1S/C19H19BrN2O2/c1-12-6-7-16(21-13(2)23)11-17(12)22-18(24)19(8-9-19)14-4-3-5-15(20)10-14/h3-7,10-11H,8-9H2,1-2H3,(H,21,23)(H,22,24). The lowest BCUT2D eigenvalue weighted by Gasteiger charge is -2.18. The zero-order valence-electron chi connectivity index (χ0n) is 13.7. The average molecular weight is 387 g/mol. The van der Waals surface area contributed by atoms with Crippen molar-refractivity contribution in [1.29, 1.82) is 0 Å². The van der Waals surface area contributed by atoms with Gasteiger partial charge in [0.1, 0.15) is 0 Å². The number of carbonyl (C=O) groups excluding carboxylic acids is 2. The summed E-state index contributed by atoms with van der Waals surface area (Å²) < 4.78 is 0.975. The smallest absolute Gasteiger partial charge is 0.235 e. The summed E-state index contributed by atoms with van der Waals surface area (Å²) in [6.07, 6.45) is 1.69. The minimum absolute atomic E-state index is 0.00340. The normalized spacial score (nSPS) is 14.8. The molecule has 0 unspecified atom stereocenters. The molecule has 4 nitrogen and oxygen atoms in total. The van der Waals surface area contributed by atoms with Crippen LogP contribution in [0.1, 0.15) is 30.9 Å². The summed E-state index contributed by atoms with van der Waals surface area (Å²) in [5.41, 5.74) is 2.95. The lowest BCUT2D eigenvalue weighted by Crippen LogP contribution is -2.28. The van der Waals surface area contributed by atoms with Crippen molar-refractivity contribution in [3.63, 3.8) is 0 Å². The molecule has 0 radical (unpaired) electrons. The van der Waals surface area contributed by atoms with Crippen LogP contribution < -0.4 is 10.6 Å². The molecule has 0 saturated heterocycles. The Labute approximate surface area is 149 Å². The number of halogens is 1. The molecule has 2 amide bonds. The van der Waals surface area contributed by atoms with Crippen LogP contribution >= 0.6 is 15.9 Å². The third-order valence-corrected chi connectivity index (χ3v) is 4.86. The van der Waals surface area contributed by atoms with Crippen molar-refractivity contribution in [1.82, 2.24) is 0 Å². The Balaban J connectivity index is 1.83. The van der Waals surface area contributed by atoms with Crippen molar-refractivity contribution in [2.45, 2.75) is 32.1 Å². The molecular formula is C19H19BrN2O2. The van der Waals surface area contributed by atoms with E-state index in [1.54, 1.807) is 6.07 Å². The van der Waals surface area contributed by atoms with E-state index in [-0.39, 0.29) is 11.8 Å². The van der Waals surface area contributed by atoms with Crippen LogP contribution in [-0.4, -0.2) is 11.8 Å². The number of hydrogen-bond acceptors (Lipinski definition) is 2. The summed E-state index contributed by atoms with van der Waals surface area (Å²) in [6.45, 7) is 3.40. The Morgan fingerprint density at radius 1 is 1.08 bits per heavy atom. The number of amides is 2. The molecule has 0 aromatic heterocycles. The van der Waals surface area contributed by atoms with E-state index in [0.29, 0.717) is 5.69 Å². The molecule has 0 atom stereocenters. The minimum atomic E-state index is -0.444. The van der Waals surface area contributed by atoms with Gasteiger partial charge in [0.2, 0.25) is 11.8 Å².